The first-order chi connectivity index (χ1) is 12.1. The molecule has 2 aromatic heterocycles. The first-order valence-electron chi connectivity index (χ1n) is 8.10. The Morgan fingerprint density at radius 2 is 1.96 bits per heavy atom. The van der Waals surface area contributed by atoms with Gasteiger partial charge in [-0.2, -0.15) is 0 Å². The summed E-state index contributed by atoms with van der Waals surface area (Å²) in [5.41, 5.74) is 5.49. The van der Waals surface area contributed by atoms with E-state index in [0.717, 1.165) is 17.1 Å². The second kappa shape index (κ2) is 7.57. The highest BCUT2D eigenvalue weighted by atomic mass is 16.1. The van der Waals surface area contributed by atoms with Crippen LogP contribution in [0.5, 0.6) is 0 Å². The molecule has 25 heavy (non-hydrogen) atoms. The summed E-state index contributed by atoms with van der Waals surface area (Å²) < 4.78 is 0. The highest BCUT2D eigenvalue weighted by molar-refractivity contribution is 5.94. The summed E-state index contributed by atoms with van der Waals surface area (Å²) in [6, 6.07) is 13.5. The highest BCUT2D eigenvalue weighted by Gasteiger charge is 2.08. The number of carbonyl (C=O) groups is 1. The molecule has 0 unspecified atom stereocenters. The minimum atomic E-state index is -0.178. The molecule has 0 aliphatic rings. The van der Waals surface area contributed by atoms with Gasteiger partial charge in [-0.05, 0) is 49.2 Å². The Labute approximate surface area is 147 Å². The van der Waals surface area contributed by atoms with Gasteiger partial charge in [0.15, 0.2) is 0 Å². The Kier molecular flexibility index (Phi) is 5.04. The Morgan fingerprint density at radius 3 is 2.76 bits per heavy atom. The fourth-order valence-corrected chi connectivity index (χ4v) is 2.45. The molecule has 5 heteroatoms. The van der Waals surface area contributed by atoms with Gasteiger partial charge in [-0.1, -0.05) is 18.2 Å². The van der Waals surface area contributed by atoms with Crippen molar-refractivity contribution in [1.82, 2.24) is 15.3 Å². The van der Waals surface area contributed by atoms with Crippen molar-refractivity contribution in [3.05, 3.63) is 83.4 Å². The number of nitrogens with zero attached hydrogens (tertiary/aromatic N) is 2. The quantitative estimate of drug-likeness (QED) is 0.746. The molecule has 2 N–H and O–H groups in total. The average molecular weight is 332 g/mol. The van der Waals surface area contributed by atoms with E-state index in [1.807, 2.05) is 30.3 Å². The van der Waals surface area contributed by atoms with Crippen LogP contribution in [0.15, 0.2) is 61.1 Å². The van der Waals surface area contributed by atoms with E-state index in [9.17, 15) is 4.79 Å². The molecule has 1 amide bonds. The SMILES string of the molecule is Cc1cccc(Nc2cncc(C(=O)NCc3ccccn3)c2)c1C. The molecule has 2 heterocycles. The molecule has 3 aromatic rings. The second-order valence-corrected chi connectivity index (χ2v) is 5.84. The van der Waals surface area contributed by atoms with Crippen LogP contribution >= 0.6 is 0 Å². The lowest BCUT2D eigenvalue weighted by molar-refractivity contribution is 0.0950. The van der Waals surface area contributed by atoms with Crippen molar-refractivity contribution in [1.29, 1.82) is 0 Å². The van der Waals surface area contributed by atoms with Gasteiger partial charge in [-0.3, -0.25) is 14.8 Å². The van der Waals surface area contributed by atoms with Crippen LogP contribution in [0.3, 0.4) is 0 Å². The lowest BCUT2D eigenvalue weighted by Gasteiger charge is -2.12. The molecule has 5 nitrogen and oxygen atoms in total. The minimum absolute atomic E-state index is 0.178. The van der Waals surface area contributed by atoms with Crippen molar-refractivity contribution in [2.45, 2.75) is 20.4 Å². The van der Waals surface area contributed by atoms with Gasteiger partial charge < -0.3 is 10.6 Å². The Balaban J connectivity index is 1.70. The van der Waals surface area contributed by atoms with Gasteiger partial charge in [-0.25, -0.2) is 0 Å². The van der Waals surface area contributed by atoms with Gasteiger partial charge in [0.05, 0.1) is 29.7 Å². The van der Waals surface area contributed by atoms with E-state index in [4.69, 9.17) is 0 Å². The smallest absolute Gasteiger partial charge is 0.253 e. The maximum atomic E-state index is 12.3. The normalized spacial score (nSPS) is 10.3. The average Bonchev–Trinajstić information content (AvgIpc) is 2.64. The number of anilines is 2. The maximum Gasteiger partial charge on any atom is 0.253 e. The van der Waals surface area contributed by atoms with E-state index in [1.54, 1.807) is 24.7 Å². The van der Waals surface area contributed by atoms with E-state index in [1.165, 1.54) is 11.1 Å². The number of pyridine rings is 2. The van der Waals surface area contributed by atoms with Crippen molar-refractivity contribution < 1.29 is 4.79 Å². The van der Waals surface area contributed by atoms with E-state index in [0.29, 0.717) is 12.1 Å². The van der Waals surface area contributed by atoms with Crippen LogP contribution in [0.25, 0.3) is 0 Å². The van der Waals surface area contributed by atoms with Gasteiger partial charge in [0.25, 0.3) is 5.91 Å². The highest BCUT2D eigenvalue weighted by Crippen LogP contribution is 2.22. The number of hydrogen-bond donors (Lipinski definition) is 2. The molecule has 3 rings (SSSR count). The third-order valence-electron chi connectivity index (χ3n) is 4.04. The van der Waals surface area contributed by atoms with E-state index in [2.05, 4.69) is 40.5 Å². The molecule has 1 aromatic carbocycles. The lowest BCUT2D eigenvalue weighted by Crippen LogP contribution is -2.23. The molecule has 0 aliphatic carbocycles. The predicted octanol–water partition coefficient (Wildman–Crippen LogP) is 3.77. The van der Waals surface area contributed by atoms with Crippen LogP contribution in [0, 0.1) is 13.8 Å². The topological polar surface area (TPSA) is 66.9 Å². The zero-order valence-electron chi connectivity index (χ0n) is 14.3. The summed E-state index contributed by atoms with van der Waals surface area (Å²) in [5, 5.41) is 6.18. The van der Waals surface area contributed by atoms with Crippen LogP contribution in [0.2, 0.25) is 0 Å². The third-order valence-corrected chi connectivity index (χ3v) is 4.04. The molecular formula is C20H20N4O. The number of nitrogens with one attached hydrogen (secondary N) is 2. The molecule has 0 spiro atoms. The molecule has 0 saturated heterocycles. The molecule has 126 valence electrons. The summed E-state index contributed by atoms with van der Waals surface area (Å²) in [7, 11) is 0. The fourth-order valence-electron chi connectivity index (χ4n) is 2.45. The molecule has 0 bridgehead atoms. The summed E-state index contributed by atoms with van der Waals surface area (Å²) >= 11 is 0. The van der Waals surface area contributed by atoms with Gasteiger partial charge in [0, 0.05) is 18.1 Å². The van der Waals surface area contributed by atoms with Gasteiger partial charge in [0.2, 0.25) is 0 Å². The Bertz CT molecular complexity index is 878. The molecule has 0 fully saturated rings. The van der Waals surface area contributed by atoms with E-state index >= 15 is 0 Å². The van der Waals surface area contributed by atoms with Gasteiger partial charge in [-0.15, -0.1) is 0 Å². The number of aryl methyl sites for hydroxylation is 1. The predicted molar refractivity (Wildman–Crippen MR) is 98.8 cm³/mol. The van der Waals surface area contributed by atoms with E-state index < -0.39 is 0 Å². The van der Waals surface area contributed by atoms with Gasteiger partial charge >= 0.3 is 0 Å². The summed E-state index contributed by atoms with van der Waals surface area (Å²) in [6.07, 6.45) is 4.97. The maximum absolute atomic E-state index is 12.3. The van der Waals surface area contributed by atoms with E-state index in [-0.39, 0.29) is 5.91 Å². The zero-order valence-corrected chi connectivity index (χ0v) is 14.3. The third kappa shape index (κ3) is 4.20. The molecule has 0 saturated carbocycles. The zero-order chi connectivity index (χ0) is 17.6. The lowest BCUT2D eigenvalue weighted by atomic mass is 10.1. The Morgan fingerprint density at radius 1 is 1.08 bits per heavy atom. The van der Waals surface area contributed by atoms with Crippen molar-refractivity contribution in [3.63, 3.8) is 0 Å². The molecule has 0 atom stereocenters. The molecular weight excluding hydrogens is 312 g/mol. The molecule has 0 radical (unpaired) electrons. The summed E-state index contributed by atoms with van der Waals surface area (Å²) in [4.78, 5) is 20.7. The number of aromatic nitrogens is 2. The summed E-state index contributed by atoms with van der Waals surface area (Å²) in [5.74, 6) is -0.178. The number of hydrogen-bond acceptors (Lipinski definition) is 4. The largest absolute Gasteiger partial charge is 0.354 e. The standard InChI is InChI=1S/C20H20N4O/c1-14-6-5-8-19(15(14)2)24-18-10-16(11-21-12-18)20(25)23-13-17-7-3-4-9-22-17/h3-12,24H,13H2,1-2H3,(H,23,25). The number of rotatable bonds is 5. The monoisotopic (exact) mass is 332 g/mol. The number of carbonyl (C=O) groups excluding carboxylic acids is 1. The van der Waals surface area contributed by atoms with Crippen LogP contribution in [-0.4, -0.2) is 15.9 Å². The van der Waals surface area contributed by atoms with Crippen LogP contribution < -0.4 is 10.6 Å². The second-order valence-electron chi connectivity index (χ2n) is 5.84. The minimum Gasteiger partial charge on any atom is -0.354 e. The summed E-state index contributed by atoms with van der Waals surface area (Å²) in [6.45, 7) is 4.52. The van der Waals surface area contributed by atoms with Crippen molar-refractivity contribution >= 4 is 17.3 Å². The van der Waals surface area contributed by atoms with Crippen molar-refractivity contribution in [3.8, 4) is 0 Å². The van der Waals surface area contributed by atoms with Crippen LogP contribution in [-0.2, 0) is 6.54 Å². The Hall–Kier alpha value is -3.21. The fraction of sp³-hybridized carbons (Fsp3) is 0.150. The van der Waals surface area contributed by atoms with Crippen molar-refractivity contribution in [2.24, 2.45) is 0 Å². The molecule has 0 aliphatic heterocycles. The van der Waals surface area contributed by atoms with Crippen LogP contribution in [0.1, 0.15) is 27.2 Å². The first kappa shape index (κ1) is 16.6. The van der Waals surface area contributed by atoms with Crippen LogP contribution in [0.4, 0.5) is 11.4 Å². The van der Waals surface area contributed by atoms with Crippen molar-refractivity contribution in [2.75, 3.05) is 5.32 Å². The first-order valence-corrected chi connectivity index (χ1v) is 8.10. The number of benzene rings is 1. The number of amides is 1. The van der Waals surface area contributed by atoms with Gasteiger partial charge in [0.1, 0.15) is 0 Å².